The molecule has 0 radical (unpaired) electrons. The second kappa shape index (κ2) is 12.0. The minimum absolute atomic E-state index is 0.0224. The molecular weight excluding hydrogens is 618 g/mol. The van der Waals surface area contributed by atoms with Gasteiger partial charge in [0.25, 0.3) is 0 Å². The molecule has 2 aliphatic rings. The number of nitrogen functional groups attached to an aromatic ring is 2. The van der Waals surface area contributed by atoms with Gasteiger partial charge in [0.15, 0.2) is 11.6 Å². The third-order valence-corrected chi connectivity index (χ3v) is 8.49. The summed E-state index contributed by atoms with van der Waals surface area (Å²) in [5.74, 6) is -0.820. The predicted molar refractivity (Wildman–Crippen MR) is 161 cm³/mol. The van der Waals surface area contributed by atoms with Gasteiger partial charge in [-0.05, 0) is 50.3 Å². The summed E-state index contributed by atoms with van der Waals surface area (Å²) < 4.78 is 77.3. The molecule has 5 heterocycles. The van der Waals surface area contributed by atoms with Crippen LogP contribution in [-0.4, -0.2) is 52.9 Å². The van der Waals surface area contributed by atoms with Crippen molar-refractivity contribution < 1.29 is 31.8 Å². The van der Waals surface area contributed by atoms with Crippen molar-refractivity contribution in [3.8, 4) is 23.0 Å². The second-order valence-electron chi connectivity index (χ2n) is 11.0. The van der Waals surface area contributed by atoms with Crippen LogP contribution in [-0.2, 0) is 10.9 Å². The van der Waals surface area contributed by atoms with Gasteiger partial charge in [0, 0.05) is 25.0 Å². The van der Waals surface area contributed by atoms with Crippen LogP contribution < -0.4 is 25.8 Å². The molecule has 45 heavy (non-hydrogen) atoms. The van der Waals surface area contributed by atoms with Gasteiger partial charge in [-0.2, -0.15) is 23.1 Å². The summed E-state index contributed by atoms with van der Waals surface area (Å²) in [5, 5.41) is -0.347. The van der Waals surface area contributed by atoms with E-state index in [2.05, 4.69) is 19.9 Å². The number of rotatable bonds is 6. The number of ether oxygens (including phenoxy) is 3. The van der Waals surface area contributed by atoms with E-state index < -0.39 is 39.9 Å². The number of alkyl halides is 3. The van der Waals surface area contributed by atoms with Gasteiger partial charge in [-0.1, -0.05) is 17.7 Å². The van der Waals surface area contributed by atoms with Crippen molar-refractivity contribution in [2.24, 2.45) is 5.92 Å². The standard InChI is InChI=1S/C30H30ClF4N7O3/c1-14-12-18(36)39-24(21(14)30(33,34)35)19-22(31)26-20-25(23(19)32)40-29(45-13-16-5-9-43-10-6-16)41-28(20)42(8-11-44-26)15(2)17-4-3-7-38-27(17)37/h3-4,7,12,15-16H,5-6,8-11,13H2,1-2H3,(H2,36,39)(H2,37,38)/t15-/m1/s1. The summed E-state index contributed by atoms with van der Waals surface area (Å²) in [5.41, 5.74) is 9.55. The first-order valence-corrected chi connectivity index (χ1v) is 14.7. The summed E-state index contributed by atoms with van der Waals surface area (Å²) in [6, 6.07) is 4.02. The maximum atomic E-state index is 16.8. The number of hydrogen-bond acceptors (Lipinski definition) is 10. The molecule has 0 saturated carbocycles. The maximum Gasteiger partial charge on any atom is 0.418 e. The van der Waals surface area contributed by atoms with E-state index in [1.54, 1.807) is 12.3 Å². The molecule has 15 heteroatoms. The third-order valence-electron chi connectivity index (χ3n) is 8.13. The highest BCUT2D eigenvalue weighted by molar-refractivity contribution is 6.36. The van der Waals surface area contributed by atoms with Gasteiger partial charge in [-0.15, -0.1) is 0 Å². The monoisotopic (exact) mass is 647 g/mol. The van der Waals surface area contributed by atoms with Crippen molar-refractivity contribution in [1.82, 2.24) is 19.9 Å². The van der Waals surface area contributed by atoms with Gasteiger partial charge in [0.1, 0.15) is 29.6 Å². The zero-order valence-corrected chi connectivity index (χ0v) is 25.2. The van der Waals surface area contributed by atoms with Crippen LogP contribution in [0.3, 0.4) is 0 Å². The Morgan fingerprint density at radius 2 is 1.91 bits per heavy atom. The van der Waals surface area contributed by atoms with Crippen molar-refractivity contribution >= 4 is 40.0 Å². The van der Waals surface area contributed by atoms with Crippen LogP contribution in [0.1, 0.15) is 42.5 Å². The van der Waals surface area contributed by atoms with E-state index in [0.717, 1.165) is 18.9 Å². The van der Waals surface area contributed by atoms with Gasteiger partial charge < -0.3 is 30.6 Å². The number of benzene rings is 1. The van der Waals surface area contributed by atoms with E-state index in [4.69, 9.17) is 37.3 Å². The maximum absolute atomic E-state index is 16.8. The van der Waals surface area contributed by atoms with Gasteiger partial charge in [0.05, 0.1) is 46.4 Å². The van der Waals surface area contributed by atoms with Crippen LogP contribution in [0.5, 0.6) is 11.8 Å². The molecule has 0 unspecified atom stereocenters. The number of pyridine rings is 2. The quantitative estimate of drug-likeness (QED) is 0.235. The van der Waals surface area contributed by atoms with Gasteiger partial charge in [0.2, 0.25) is 0 Å². The topological polar surface area (TPSA) is 135 Å². The Labute approximate surface area is 260 Å². The zero-order chi connectivity index (χ0) is 32.0. The van der Waals surface area contributed by atoms with Gasteiger partial charge in [-0.25, -0.2) is 14.4 Å². The highest BCUT2D eigenvalue weighted by atomic mass is 35.5. The normalized spacial score (nSPS) is 16.4. The molecule has 0 spiro atoms. The minimum atomic E-state index is -4.90. The van der Waals surface area contributed by atoms with Gasteiger partial charge >= 0.3 is 12.2 Å². The number of nitrogens with two attached hydrogens (primary N) is 2. The van der Waals surface area contributed by atoms with Crippen LogP contribution in [0.2, 0.25) is 5.02 Å². The first-order chi connectivity index (χ1) is 21.5. The van der Waals surface area contributed by atoms with Gasteiger partial charge in [-0.3, -0.25) is 0 Å². The van der Waals surface area contributed by atoms with E-state index in [0.29, 0.717) is 24.6 Å². The van der Waals surface area contributed by atoms with E-state index >= 15 is 4.39 Å². The van der Waals surface area contributed by atoms with Crippen LogP contribution in [0.15, 0.2) is 24.4 Å². The molecule has 4 aromatic rings. The van der Waals surface area contributed by atoms with E-state index in [-0.39, 0.29) is 65.5 Å². The Morgan fingerprint density at radius 3 is 2.62 bits per heavy atom. The molecule has 1 aromatic carbocycles. The lowest BCUT2D eigenvalue weighted by Gasteiger charge is -2.30. The summed E-state index contributed by atoms with van der Waals surface area (Å²) in [4.78, 5) is 19.0. The number of nitrogens with zero attached hydrogens (tertiary/aromatic N) is 5. The molecule has 238 valence electrons. The summed E-state index contributed by atoms with van der Waals surface area (Å²) in [7, 11) is 0. The summed E-state index contributed by atoms with van der Waals surface area (Å²) in [6.07, 6.45) is -1.81. The SMILES string of the molecule is Cc1cc(N)nc(-c2c(Cl)c3c4c(nc(OCC5CCOCC5)nc4c2F)N([C@H](C)c2cccnc2N)CCO3)c1C(F)(F)F. The highest BCUT2D eigenvalue weighted by Gasteiger charge is 2.40. The fourth-order valence-corrected chi connectivity index (χ4v) is 6.19. The van der Waals surface area contributed by atoms with Crippen LogP contribution in [0.4, 0.5) is 35.0 Å². The fraction of sp³-hybridized carbons (Fsp3) is 0.400. The molecule has 6 rings (SSSR count). The van der Waals surface area contributed by atoms with E-state index in [1.165, 1.54) is 6.92 Å². The van der Waals surface area contributed by atoms with E-state index in [9.17, 15) is 13.2 Å². The van der Waals surface area contributed by atoms with Crippen LogP contribution >= 0.6 is 11.6 Å². The molecule has 0 aliphatic carbocycles. The van der Waals surface area contributed by atoms with Crippen LogP contribution in [0, 0.1) is 18.7 Å². The molecule has 0 amide bonds. The number of aryl methyl sites for hydroxylation is 1. The number of anilines is 3. The molecule has 0 bridgehead atoms. The van der Waals surface area contributed by atoms with E-state index in [1.807, 2.05) is 17.9 Å². The Kier molecular flexibility index (Phi) is 8.20. The average molecular weight is 648 g/mol. The molecule has 1 atom stereocenters. The molecule has 2 aliphatic heterocycles. The Balaban J connectivity index is 1.60. The predicted octanol–water partition coefficient (Wildman–Crippen LogP) is 6.14. The smallest absolute Gasteiger partial charge is 0.418 e. The molecular formula is C30H30ClF4N7O3. The summed E-state index contributed by atoms with van der Waals surface area (Å²) in [6.45, 7) is 4.74. The molecule has 1 saturated heterocycles. The molecule has 1 fully saturated rings. The summed E-state index contributed by atoms with van der Waals surface area (Å²) >= 11 is 6.74. The lowest BCUT2D eigenvalue weighted by atomic mass is 9.98. The Hall–Kier alpha value is -4.17. The minimum Gasteiger partial charge on any atom is -0.489 e. The highest BCUT2D eigenvalue weighted by Crippen LogP contribution is 2.50. The molecule has 3 aromatic heterocycles. The van der Waals surface area contributed by atoms with Crippen molar-refractivity contribution in [2.45, 2.75) is 38.9 Å². The van der Waals surface area contributed by atoms with Crippen LogP contribution in [0.25, 0.3) is 22.2 Å². The van der Waals surface area contributed by atoms with Crippen molar-refractivity contribution in [3.05, 3.63) is 51.9 Å². The first-order valence-electron chi connectivity index (χ1n) is 14.3. The number of aromatic nitrogens is 4. The van der Waals surface area contributed by atoms with Crippen molar-refractivity contribution in [1.29, 1.82) is 0 Å². The Bertz CT molecular complexity index is 1770. The lowest BCUT2D eigenvalue weighted by Crippen LogP contribution is -2.31. The Morgan fingerprint density at radius 1 is 1.16 bits per heavy atom. The molecule has 4 N–H and O–H groups in total. The van der Waals surface area contributed by atoms with Crippen molar-refractivity contribution in [2.75, 3.05) is 49.3 Å². The second-order valence-corrected chi connectivity index (χ2v) is 11.4. The first kappa shape index (κ1) is 30.8. The fourth-order valence-electron chi connectivity index (χ4n) is 5.87. The molecule has 10 nitrogen and oxygen atoms in total. The van der Waals surface area contributed by atoms with Crippen molar-refractivity contribution in [3.63, 3.8) is 0 Å². The number of hydrogen-bond donors (Lipinski definition) is 2. The number of halogens is 5. The average Bonchev–Trinajstić information content (AvgIpc) is 3.18. The zero-order valence-electron chi connectivity index (χ0n) is 24.4. The largest absolute Gasteiger partial charge is 0.489 e. The third kappa shape index (κ3) is 5.72. The lowest BCUT2D eigenvalue weighted by molar-refractivity contribution is -0.137.